The van der Waals surface area contributed by atoms with Crippen molar-refractivity contribution >= 4 is 11.8 Å². The lowest BCUT2D eigenvalue weighted by Gasteiger charge is -2.31. The maximum atomic E-state index is 3.65. The molecule has 2 unspecified atom stereocenters. The van der Waals surface area contributed by atoms with Gasteiger partial charge in [-0.05, 0) is 42.9 Å². The number of rotatable bonds is 6. The van der Waals surface area contributed by atoms with Crippen LogP contribution in [0, 0.1) is 0 Å². The summed E-state index contributed by atoms with van der Waals surface area (Å²) >= 11 is 1.93. The van der Waals surface area contributed by atoms with Crippen molar-refractivity contribution in [1.29, 1.82) is 0 Å². The van der Waals surface area contributed by atoms with Crippen LogP contribution in [0.25, 0.3) is 0 Å². The number of nitrogens with one attached hydrogen (secondary N) is 1. The molecule has 0 amide bonds. The smallest absolute Gasteiger partial charge is 0.00468 e. The van der Waals surface area contributed by atoms with Crippen molar-refractivity contribution in [3.8, 4) is 0 Å². The van der Waals surface area contributed by atoms with Gasteiger partial charge in [0.25, 0.3) is 0 Å². The molecule has 0 saturated heterocycles. The molecule has 1 aromatic rings. The van der Waals surface area contributed by atoms with Gasteiger partial charge in [-0.25, -0.2) is 0 Å². The standard InChI is InChI=1S/C14H21NS/c1-11(7-8-16-2)15-10-13-9-12-5-3-4-6-14(12)13/h3-6,11,13,15H,7-10H2,1-2H3. The van der Waals surface area contributed by atoms with Crippen molar-refractivity contribution in [1.82, 2.24) is 5.32 Å². The summed E-state index contributed by atoms with van der Waals surface area (Å²) in [6.07, 6.45) is 4.71. The molecule has 1 aliphatic rings. The highest BCUT2D eigenvalue weighted by molar-refractivity contribution is 7.98. The molecule has 1 aliphatic carbocycles. The van der Waals surface area contributed by atoms with Crippen molar-refractivity contribution in [2.24, 2.45) is 0 Å². The summed E-state index contributed by atoms with van der Waals surface area (Å²) in [4.78, 5) is 0. The highest BCUT2D eigenvalue weighted by atomic mass is 32.2. The summed E-state index contributed by atoms with van der Waals surface area (Å²) < 4.78 is 0. The molecule has 1 aromatic carbocycles. The molecule has 88 valence electrons. The zero-order valence-electron chi connectivity index (χ0n) is 10.2. The van der Waals surface area contributed by atoms with E-state index in [0.717, 1.165) is 12.5 Å². The number of hydrogen-bond donors (Lipinski definition) is 1. The van der Waals surface area contributed by atoms with Crippen LogP contribution in [0.2, 0.25) is 0 Å². The first-order chi connectivity index (χ1) is 7.81. The second-order valence-electron chi connectivity index (χ2n) is 4.69. The van der Waals surface area contributed by atoms with Crippen molar-refractivity contribution in [2.75, 3.05) is 18.6 Å². The monoisotopic (exact) mass is 235 g/mol. The van der Waals surface area contributed by atoms with E-state index in [1.54, 1.807) is 11.1 Å². The lowest BCUT2D eigenvalue weighted by Crippen LogP contribution is -2.34. The second-order valence-corrected chi connectivity index (χ2v) is 5.68. The van der Waals surface area contributed by atoms with E-state index in [9.17, 15) is 0 Å². The van der Waals surface area contributed by atoms with Crippen LogP contribution in [-0.2, 0) is 6.42 Å². The van der Waals surface area contributed by atoms with E-state index in [4.69, 9.17) is 0 Å². The first-order valence-electron chi connectivity index (χ1n) is 6.11. The Morgan fingerprint density at radius 3 is 3.00 bits per heavy atom. The van der Waals surface area contributed by atoms with Gasteiger partial charge in [0.05, 0.1) is 0 Å². The molecular formula is C14H21NS. The summed E-state index contributed by atoms with van der Waals surface area (Å²) in [5.74, 6) is 2.02. The minimum atomic E-state index is 0.653. The first kappa shape index (κ1) is 12.0. The Labute approximate surface area is 103 Å². The molecule has 1 N–H and O–H groups in total. The lowest BCUT2D eigenvalue weighted by atomic mass is 9.77. The fourth-order valence-corrected chi connectivity index (χ4v) is 2.87. The number of thioether (sulfide) groups is 1. The van der Waals surface area contributed by atoms with Gasteiger partial charge in [0.1, 0.15) is 0 Å². The quantitative estimate of drug-likeness (QED) is 0.813. The van der Waals surface area contributed by atoms with Crippen molar-refractivity contribution in [3.63, 3.8) is 0 Å². The van der Waals surface area contributed by atoms with E-state index in [-0.39, 0.29) is 0 Å². The van der Waals surface area contributed by atoms with Crippen molar-refractivity contribution < 1.29 is 0 Å². The van der Waals surface area contributed by atoms with Gasteiger partial charge >= 0.3 is 0 Å². The molecule has 2 atom stereocenters. The van der Waals surface area contributed by atoms with E-state index in [1.165, 1.54) is 18.6 Å². The average Bonchev–Trinajstić information content (AvgIpc) is 2.27. The molecular weight excluding hydrogens is 214 g/mol. The van der Waals surface area contributed by atoms with Crippen molar-refractivity contribution in [2.45, 2.75) is 31.7 Å². The first-order valence-corrected chi connectivity index (χ1v) is 7.50. The Kier molecular flexibility index (Phi) is 4.30. The minimum Gasteiger partial charge on any atom is -0.314 e. The third kappa shape index (κ3) is 2.80. The van der Waals surface area contributed by atoms with Gasteiger partial charge < -0.3 is 5.32 Å². The van der Waals surface area contributed by atoms with Crippen LogP contribution in [-0.4, -0.2) is 24.6 Å². The summed E-state index contributed by atoms with van der Waals surface area (Å²) in [5, 5.41) is 3.65. The molecule has 2 heteroatoms. The predicted molar refractivity (Wildman–Crippen MR) is 73.4 cm³/mol. The fourth-order valence-electron chi connectivity index (χ4n) is 2.28. The SMILES string of the molecule is CSCCC(C)NCC1Cc2ccccc21. The fraction of sp³-hybridized carbons (Fsp3) is 0.571. The van der Waals surface area contributed by atoms with Crippen LogP contribution in [0.5, 0.6) is 0 Å². The second kappa shape index (κ2) is 5.74. The number of benzene rings is 1. The topological polar surface area (TPSA) is 12.0 Å². The Balaban J connectivity index is 1.73. The number of fused-ring (bicyclic) bond motifs is 1. The zero-order valence-corrected chi connectivity index (χ0v) is 11.0. The normalized spacial score (nSPS) is 20.0. The molecule has 1 nitrogen and oxygen atoms in total. The van der Waals surface area contributed by atoms with E-state index in [0.29, 0.717) is 6.04 Å². The third-order valence-electron chi connectivity index (χ3n) is 3.43. The van der Waals surface area contributed by atoms with Crippen molar-refractivity contribution in [3.05, 3.63) is 35.4 Å². The van der Waals surface area contributed by atoms with Crippen LogP contribution in [0.15, 0.2) is 24.3 Å². The van der Waals surface area contributed by atoms with E-state index < -0.39 is 0 Å². The largest absolute Gasteiger partial charge is 0.314 e. The van der Waals surface area contributed by atoms with Gasteiger partial charge in [-0.1, -0.05) is 24.3 Å². The van der Waals surface area contributed by atoms with Crippen LogP contribution in [0.3, 0.4) is 0 Å². The minimum absolute atomic E-state index is 0.653. The zero-order chi connectivity index (χ0) is 11.4. The maximum Gasteiger partial charge on any atom is 0.00468 e. The summed E-state index contributed by atoms with van der Waals surface area (Å²) in [5.41, 5.74) is 3.11. The summed E-state index contributed by atoms with van der Waals surface area (Å²) in [6, 6.07) is 9.48. The molecule has 0 fully saturated rings. The van der Waals surface area contributed by atoms with Gasteiger partial charge in [0.15, 0.2) is 0 Å². The molecule has 0 aliphatic heterocycles. The molecule has 0 bridgehead atoms. The van der Waals surface area contributed by atoms with E-state index in [1.807, 2.05) is 11.8 Å². The Hall–Kier alpha value is -0.470. The maximum absolute atomic E-state index is 3.65. The molecule has 0 spiro atoms. The Bertz CT molecular complexity index is 337. The van der Waals surface area contributed by atoms with Gasteiger partial charge in [-0.15, -0.1) is 0 Å². The predicted octanol–water partition coefficient (Wildman–Crippen LogP) is 3.06. The van der Waals surface area contributed by atoms with E-state index in [2.05, 4.69) is 42.8 Å². The van der Waals surface area contributed by atoms with Gasteiger partial charge in [-0.2, -0.15) is 11.8 Å². The molecule has 0 radical (unpaired) electrons. The van der Waals surface area contributed by atoms with Gasteiger partial charge in [0.2, 0.25) is 0 Å². The highest BCUT2D eigenvalue weighted by Crippen LogP contribution is 2.34. The van der Waals surface area contributed by atoms with E-state index >= 15 is 0 Å². The summed E-state index contributed by atoms with van der Waals surface area (Å²) in [6.45, 7) is 3.44. The molecule has 0 aromatic heterocycles. The van der Waals surface area contributed by atoms with Crippen LogP contribution >= 0.6 is 11.8 Å². The Morgan fingerprint density at radius 2 is 2.25 bits per heavy atom. The lowest BCUT2D eigenvalue weighted by molar-refractivity contribution is 0.473. The van der Waals surface area contributed by atoms with Crippen LogP contribution in [0.4, 0.5) is 0 Å². The average molecular weight is 235 g/mol. The van der Waals surface area contributed by atoms with Crippen LogP contribution in [0.1, 0.15) is 30.4 Å². The van der Waals surface area contributed by atoms with Gasteiger partial charge in [0, 0.05) is 18.5 Å². The molecule has 2 rings (SSSR count). The number of hydrogen-bond acceptors (Lipinski definition) is 2. The molecule has 0 heterocycles. The highest BCUT2D eigenvalue weighted by Gasteiger charge is 2.24. The third-order valence-corrected chi connectivity index (χ3v) is 4.07. The molecule has 16 heavy (non-hydrogen) atoms. The Morgan fingerprint density at radius 1 is 1.44 bits per heavy atom. The summed E-state index contributed by atoms with van der Waals surface area (Å²) in [7, 11) is 0. The van der Waals surface area contributed by atoms with Gasteiger partial charge in [-0.3, -0.25) is 0 Å². The molecule has 0 saturated carbocycles. The van der Waals surface area contributed by atoms with Crippen LogP contribution < -0.4 is 5.32 Å².